The summed E-state index contributed by atoms with van der Waals surface area (Å²) in [6.07, 6.45) is 6.21. The Balaban J connectivity index is 1.28. The number of aliphatic hydroxyl groups excluding tert-OH is 3. The number of nitrogens with zero attached hydrogens (tertiary/aromatic N) is 3. The molecule has 0 unspecified atom stereocenters. The maximum atomic E-state index is 9.81. The van der Waals surface area contributed by atoms with Crippen molar-refractivity contribution in [3.05, 3.63) is 105 Å². The van der Waals surface area contributed by atoms with Crippen LogP contribution in [0.1, 0.15) is 59.6 Å². The standard InChI is InChI=1S/C42H51ClN4O6/c1-29-34(7-4-8-36(29)37-9-5-10-39(30(37)2)51-16-6-13-47-14-11-31(24-48)12-15-47)26-53-41-19-40(52-25-33-17-32(20-44)21-45-22-33)35(18-38(41)43)23-46-42(3,27-49)28-50/h4-5,7-10,17-19,21-22,31,46,48-50H,6,11-16,23-28H2,1-3H3. The van der Waals surface area contributed by atoms with Gasteiger partial charge < -0.3 is 39.7 Å². The predicted molar refractivity (Wildman–Crippen MR) is 206 cm³/mol. The lowest BCUT2D eigenvalue weighted by Crippen LogP contribution is -2.48. The average Bonchev–Trinajstić information content (AvgIpc) is 3.19. The van der Waals surface area contributed by atoms with Gasteiger partial charge in [-0.25, -0.2) is 0 Å². The Morgan fingerprint density at radius 2 is 1.60 bits per heavy atom. The Bertz CT molecular complexity index is 1850. The number of hydrogen-bond acceptors (Lipinski definition) is 10. The number of benzene rings is 3. The van der Waals surface area contributed by atoms with Gasteiger partial charge in [-0.15, -0.1) is 0 Å². The normalized spacial score (nSPS) is 13.8. The summed E-state index contributed by atoms with van der Waals surface area (Å²) in [6, 6.07) is 19.7. The van der Waals surface area contributed by atoms with E-state index >= 15 is 0 Å². The van der Waals surface area contributed by atoms with Crippen molar-refractivity contribution in [3.8, 4) is 34.4 Å². The summed E-state index contributed by atoms with van der Waals surface area (Å²) in [5.74, 6) is 2.27. The first-order valence-electron chi connectivity index (χ1n) is 18.2. The fraction of sp³-hybridized carbons (Fsp3) is 0.429. The van der Waals surface area contributed by atoms with E-state index in [1.807, 2.05) is 24.3 Å². The molecule has 5 rings (SSSR count). The monoisotopic (exact) mass is 742 g/mol. The smallest absolute Gasteiger partial charge is 0.142 e. The van der Waals surface area contributed by atoms with Crippen LogP contribution >= 0.6 is 11.6 Å². The summed E-state index contributed by atoms with van der Waals surface area (Å²) in [5.41, 5.74) is 6.33. The summed E-state index contributed by atoms with van der Waals surface area (Å²) in [6.45, 7) is 10.1. The number of piperidine rings is 1. The number of nitriles is 1. The van der Waals surface area contributed by atoms with E-state index in [4.69, 9.17) is 25.8 Å². The highest BCUT2D eigenvalue weighted by molar-refractivity contribution is 6.32. The van der Waals surface area contributed by atoms with Crippen molar-refractivity contribution in [3.63, 3.8) is 0 Å². The van der Waals surface area contributed by atoms with Crippen LogP contribution in [0, 0.1) is 31.1 Å². The average molecular weight is 743 g/mol. The molecule has 1 fully saturated rings. The van der Waals surface area contributed by atoms with Gasteiger partial charge in [0, 0.05) is 49.3 Å². The zero-order valence-corrected chi connectivity index (χ0v) is 31.7. The number of rotatable bonds is 18. The molecule has 282 valence electrons. The Morgan fingerprint density at radius 3 is 2.32 bits per heavy atom. The van der Waals surface area contributed by atoms with Crippen LogP contribution < -0.4 is 19.5 Å². The third-order valence-corrected chi connectivity index (χ3v) is 10.4. The van der Waals surface area contributed by atoms with E-state index in [0.717, 1.165) is 78.0 Å². The van der Waals surface area contributed by atoms with Gasteiger partial charge in [0.25, 0.3) is 0 Å². The number of aliphatic hydroxyl groups is 3. The molecule has 0 saturated carbocycles. The summed E-state index contributed by atoms with van der Waals surface area (Å²) in [7, 11) is 0. The minimum atomic E-state index is -0.907. The van der Waals surface area contributed by atoms with Gasteiger partial charge in [-0.2, -0.15) is 5.26 Å². The van der Waals surface area contributed by atoms with Gasteiger partial charge in [0.15, 0.2) is 0 Å². The molecular weight excluding hydrogens is 692 g/mol. The molecule has 0 atom stereocenters. The highest BCUT2D eigenvalue weighted by Crippen LogP contribution is 2.36. The van der Waals surface area contributed by atoms with Gasteiger partial charge >= 0.3 is 0 Å². The van der Waals surface area contributed by atoms with Crippen molar-refractivity contribution in [2.45, 2.75) is 65.3 Å². The molecule has 1 aromatic heterocycles. The first-order chi connectivity index (χ1) is 25.7. The lowest BCUT2D eigenvalue weighted by atomic mass is 9.93. The molecule has 1 aliphatic heterocycles. The predicted octanol–water partition coefficient (Wildman–Crippen LogP) is 6.35. The second kappa shape index (κ2) is 19.2. The maximum absolute atomic E-state index is 9.81. The molecule has 3 aromatic carbocycles. The fourth-order valence-corrected chi connectivity index (χ4v) is 6.67. The van der Waals surface area contributed by atoms with E-state index in [1.54, 1.807) is 31.3 Å². The van der Waals surface area contributed by atoms with Crippen LogP contribution in [-0.2, 0) is 19.8 Å². The Hall–Kier alpha value is -4.21. The summed E-state index contributed by atoms with van der Waals surface area (Å²) in [5, 5.41) is 41.9. The molecular formula is C42H51ClN4O6. The summed E-state index contributed by atoms with van der Waals surface area (Å²) >= 11 is 6.78. The van der Waals surface area contributed by atoms with Gasteiger partial charge in [0.2, 0.25) is 0 Å². The molecule has 0 radical (unpaired) electrons. The lowest BCUT2D eigenvalue weighted by molar-refractivity contribution is 0.103. The van der Waals surface area contributed by atoms with Crippen molar-refractivity contribution in [1.29, 1.82) is 5.26 Å². The molecule has 0 spiro atoms. The SMILES string of the molecule is Cc1c(COc2cc(OCc3cncc(C#N)c3)c(CNC(C)(CO)CO)cc2Cl)cccc1-c1cccc(OCCCN2CCC(CO)CC2)c1C. The minimum absolute atomic E-state index is 0.154. The van der Waals surface area contributed by atoms with E-state index in [-0.39, 0.29) is 33.0 Å². The number of halogens is 1. The highest BCUT2D eigenvalue weighted by atomic mass is 35.5. The van der Waals surface area contributed by atoms with Crippen LogP contribution in [0.25, 0.3) is 11.1 Å². The lowest BCUT2D eigenvalue weighted by Gasteiger charge is -2.30. The minimum Gasteiger partial charge on any atom is -0.493 e. The van der Waals surface area contributed by atoms with Gasteiger partial charge in [-0.1, -0.05) is 41.9 Å². The highest BCUT2D eigenvalue weighted by Gasteiger charge is 2.23. The van der Waals surface area contributed by atoms with Gasteiger partial charge in [-0.3, -0.25) is 4.98 Å². The van der Waals surface area contributed by atoms with Gasteiger partial charge in [0.05, 0.1) is 35.9 Å². The number of ether oxygens (including phenoxy) is 3. The Kier molecular flexibility index (Phi) is 14.5. The molecule has 10 nitrogen and oxygen atoms in total. The second-order valence-electron chi connectivity index (χ2n) is 14.1. The van der Waals surface area contributed by atoms with Crippen LogP contribution in [-0.4, -0.2) is 76.8 Å². The summed E-state index contributed by atoms with van der Waals surface area (Å²) in [4.78, 5) is 6.59. The van der Waals surface area contributed by atoms with Crippen molar-refractivity contribution in [2.75, 3.05) is 46.1 Å². The first-order valence-corrected chi connectivity index (χ1v) is 18.6. The second-order valence-corrected chi connectivity index (χ2v) is 14.5. The zero-order valence-electron chi connectivity index (χ0n) is 30.9. The Labute approximate surface area is 317 Å². The zero-order chi connectivity index (χ0) is 37.8. The van der Waals surface area contributed by atoms with Crippen LogP contribution in [0.5, 0.6) is 17.2 Å². The molecule has 1 saturated heterocycles. The fourth-order valence-electron chi connectivity index (χ4n) is 6.43. The van der Waals surface area contributed by atoms with Crippen LogP contribution in [0.3, 0.4) is 0 Å². The molecule has 1 aliphatic rings. The quantitative estimate of drug-likeness (QED) is 0.0853. The number of likely N-dealkylation sites (tertiary alicyclic amines) is 1. The summed E-state index contributed by atoms with van der Waals surface area (Å²) < 4.78 is 18.9. The van der Waals surface area contributed by atoms with E-state index in [1.165, 1.54) is 6.20 Å². The molecule has 2 heterocycles. The van der Waals surface area contributed by atoms with Crippen LogP contribution in [0.15, 0.2) is 67.0 Å². The molecule has 0 aliphatic carbocycles. The van der Waals surface area contributed by atoms with E-state index in [9.17, 15) is 20.6 Å². The van der Waals surface area contributed by atoms with Crippen molar-refractivity contribution < 1.29 is 29.5 Å². The van der Waals surface area contributed by atoms with E-state index in [0.29, 0.717) is 46.8 Å². The Morgan fingerprint density at radius 1 is 0.887 bits per heavy atom. The van der Waals surface area contributed by atoms with Crippen LogP contribution in [0.2, 0.25) is 5.02 Å². The van der Waals surface area contributed by atoms with Crippen molar-refractivity contribution in [2.24, 2.45) is 5.92 Å². The number of pyridine rings is 1. The van der Waals surface area contributed by atoms with E-state index < -0.39 is 5.54 Å². The van der Waals surface area contributed by atoms with Crippen LogP contribution in [0.4, 0.5) is 0 Å². The maximum Gasteiger partial charge on any atom is 0.142 e. The third kappa shape index (κ3) is 10.7. The van der Waals surface area contributed by atoms with E-state index in [2.05, 4.69) is 47.3 Å². The molecule has 53 heavy (non-hydrogen) atoms. The molecule has 0 bridgehead atoms. The number of aromatic nitrogens is 1. The molecule has 0 amide bonds. The topological polar surface area (TPSA) is 140 Å². The van der Waals surface area contributed by atoms with Gasteiger partial charge in [-0.05, 0) is 105 Å². The van der Waals surface area contributed by atoms with Crippen molar-refractivity contribution >= 4 is 11.6 Å². The largest absolute Gasteiger partial charge is 0.493 e. The number of hydrogen-bond donors (Lipinski definition) is 4. The third-order valence-electron chi connectivity index (χ3n) is 10.1. The molecule has 4 N–H and O–H groups in total. The van der Waals surface area contributed by atoms with Gasteiger partial charge in [0.1, 0.15) is 36.5 Å². The molecule has 4 aromatic rings. The van der Waals surface area contributed by atoms with Crippen molar-refractivity contribution in [1.82, 2.24) is 15.2 Å². The molecule has 11 heteroatoms. The number of nitrogens with one attached hydrogen (secondary N) is 1. The first kappa shape index (κ1) is 40.0.